The number of hydrogen-bond donors (Lipinski definition) is 1. The molecule has 0 saturated carbocycles. The summed E-state index contributed by atoms with van der Waals surface area (Å²) < 4.78 is 4.72. The van der Waals surface area contributed by atoms with Gasteiger partial charge < -0.3 is 9.84 Å². The Morgan fingerprint density at radius 3 is 2.80 bits per heavy atom. The highest BCUT2D eigenvalue weighted by Crippen LogP contribution is 2.21. The fourth-order valence-corrected chi connectivity index (χ4v) is 1.92. The minimum absolute atomic E-state index is 0.299. The van der Waals surface area contributed by atoms with E-state index in [1.165, 1.54) is 19.2 Å². The molecule has 0 amide bonds. The smallest absolute Gasteiger partial charge is 0.213 e. The maximum atomic E-state index is 4.72. The van der Waals surface area contributed by atoms with Gasteiger partial charge in [-0.2, -0.15) is 4.98 Å². The van der Waals surface area contributed by atoms with Crippen molar-refractivity contribution in [2.75, 3.05) is 20.1 Å². The first kappa shape index (κ1) is 10.6. The van der Waals surface area contributed by atoms with Crippen LogP contribution in [0.2, 0.25) is 0 Å². The van der Waals surface area contributed by atoms with Gasteiger partial charge in [0.05, 0.1) is 6.54 Å². The van der Waals surface area contributed by atoms with Crippen molar-refractivity contribution in [1.29, 1.82) is 0 Å². The summed E-state index contributed by atoms with van der Waals surface area (Å²) in [5.41, 5.74) is 0.299. The molecule has 5 heteroatoms. The average Bonchev–Trinajstić information content (AvgIpc) is 2.75. The molecular weight excluding hydrogens is 192 g/mol. The fraction of sp³-hybridized carbons (Fsp3) is 0.800. The Kier molecular flexibility index (Phi) is 3.02. The van der Waals surface area contributed by atoms with Crippen molar-refractivity contribution in [2.24, 2.45) is 0 Å². The van der Waals surface area contributed by atoms with Gasteiger partial charge in [-0.25, -0.2) is 0 Å². The highest BCUT2D eigenvalue weighted by atomic mass is 16.5. The third-order valence-corrected chi connectivity index (χ3v) is 3.34. The number of aromatic nitrogens is 2. The summed E-state index contributed by atoms with van der Waals surface area (Å²) in [6.45, 7) is 5.26. The summed E-state index contributed by atoms with van der Waals surface area (Å²) >= 11 is 0. The van der Waals surface area contributed by atoms with Gasteiger partial charge in [0.25, 0.3) is 0 Å². The van der Waals surface area contributed by atoms with Crippen molar-refractivity contribution in [3.05, 3.63) is 12.2 Å². The molecule has 1 aromatic heterocycles. The molecule has 0 atom stereocenters. The Balaban J connectivity index is 1.84. The Hall–Kier alpha value is -0.940. The van der Waals surface area contributed by atoms with Crippen LogP contribution >= 0.6 is 0 Å². The number of nitrogens with one attached hydrogen (secondary N) is 1. The van der Waals surface area contributed by atoms with Crippen molar-refractivity contribution in [3.63, 3.8) is 0 Å². The van der Waals surface area contributed by atoms with Crippen LogP contribution in [-0.2, 0) is 6.54 Å². The number of nitrogens with zero attached hydrogens (tertiary/aromatic N) is 3. The molecule has 5 nitrogen and oxygen atoms in total. The molecule has 2 heterocycles. The zero-order chi connectivity index (χ0) is 10.7. The molecule has 0 aromatic carbocycles. The largest absolute Gasteiger partial charge is 0.343 e. The van der Waals surface area contributed by atoms with Crippen LogP contribution in [0.4, 0.5) is 0 Å². The Bertz CT molecular complexity index is 290. The van der Waals surface area contributed by atoms with Gasteiger partial charge in [-0.3, -0.25) is 4.90 Å². The third kappa shape index (κ3) is 2.54. The van der Waals surface area contributed by atoms with Crippen LogP contribution in [0, 0.1) is 0 Å². The zero-order valence-corrected chi connectivity index (χ0v) is 9.36. The molecular formula is C10H18N4O. The van der Waals surface area contributed by atoms with E-state index in [4.69, 9.17) is 4.52 Å². The topological polar surface area (TPSA) is 54.2 Å². The molecule has 0 radical (unpaired) electrons. The first-order valence-electron chi connectivity index (χ1n) is 5.38. The predicted molar refractivity (Wildman–Crippen MR) is 56.3 cm³/mol. The fourth-order valence-electron chi connectivity index (χ4n) is 1.92. The van der Waals surface area contributed by atoms with Crippen molar-refractivity contribution in [1.82, 2.24) is 20.4 Å². The second-order valence-electron chi connectivity index (χ2n) is 4.43. The normalized spacial score (nSPS) is 21.7. The molecule has 15 heavy (non-hydrogen) atoms. The molecule has 1 aliphatic heterocycles. The maximum Gasteiger partial charge on any atom is 0.213 e. The first-order valence-corrected chi connectivity index (χ1v) is 5.38. The molecule has 2 rings (SSSR count). The van der Waals surface area contributed by atoms with E-state index in [9.17, 15) is 0 Å². The van der Waals surface area contributed by atoms with Crippen LogP contribution in [0.3, 0.4) is 0 Å². The lowest BCUT2D eigenvalue weighted by Gasteiger charge is -2.38. The highest BCUT2D eigenvalue weighted by molar-refractivity contribution is 4.89. The Morgan fingerprint density at radius 1 is 1.53 bits per heavy atom. The zero-order valence-electron chi connectivity index (χ0n) is 9.36. The standard InChI is InChI=1S/C10H18N4O/c1-10(11-2)3-5-14(6-4-10)7-9-12-8-15-13-9/h8,11H,3-7H2,1-2H3. The molecule has 0 spiro atoms. The molecule has 0 aliphatic carbocycles. The lowest BCUT2D eigenvalue weighted by molar-refractivity contribution is 0.142. The molecule has 84 valence electrons. The van der Waals surface area contributed by atoms with E-state index in [1.807, 2.05) is 7.05 Å². The van der Waals surface area contributed by atoms with E-state index in [0.717, 1.165) is 25.5 Å². The number of rotatable bonds is 3. The van der Waals surface area contributed by atoms with Gasteiger partial charge in [0.1, 0.15) is 0 Å². The quantitative estimate of drug-likeness (QED) is 0.793. The van der Waals surface area contributed by atoms with Crippen molar-refractivity contribution < 1.29 is 4.52 Å². The van der Waals surface area contributed by atoms with Crippen molar-refractivity contribution in [2.45, 2.75) is 31.8 Å². The Labute approximate surface area is 89.8 Å². The molecule has 0 unspecified atom stereocenters. The van der Waals surface area contributed by atoms with E-state index < -0.39 is 0 Å². The van der Waals surface area contributed by atoms with Gasteiger partial charge in [0.2, 0.25) is 6.39 Å². The molecule has 1 N–H and O–H groups in total. The van der Waals surface area contributed by atoms with Gasteiger partial charge in [0.15, 0.2) is 5.82 Å². The lowest BCUT2D eigenvalue weighted by Crippen LogP contribution is -2.49. The van der Waals surface area contributed by atoms with E-state index in [0.29, 0.717) is 5.54 Å². The number of piperidine rings is 1. The van der Waals surface area contributed by atoms with E-state index in [1.54, 1.807) is 0 Å². The van der Waals surface area contributed by atoms with Crippen LogP contribution in [0.25, 0.3) is 0 Å². The highest BCUT2D eigenvalue weighted by Gasteiger charge is 2.28. The summed E-state index contributed by atoms with van der Waals surface area (Å²) in [6, 6.07) is 0. The summed E-state index contributed by atoms with van der Waals surface area (Å²) in [5, 5.41) is 7.21. The molecule has 1 aromatic rings. The van der Waals surface area contributed by atoms with Gasteiger partial charge in [0, 0.05) is 18.6 Å². The summed E-state index contributed by atoms with van der Waals surface area (Å²) in [7, 11) is 2.04. The maximum absolute atomic E-state index is 4.72. The molecule has 1 aliphatic rings. The van der Waals surface area contributed by atoms with Gasteiger partial charge in [-0.1, -0.05) is 5.16 Å². The van der Waals surface area contributed by atoms with Crippen LogP contribution in [-0.4, -0.2) is 40.7 Å². The van der Waals surface area contributed by atoms with Crippen molar-refractivity contribution >= 4 is 0 Å². The van der Waals surface area contributed by atoms with Gasteiger partial charge in [-0.15, -0.1) is 0 Å². The minimum Gasteiger partial charge on any atom is -0.343 e. The van der Waals surface area contributed by atoms with Crippen LogP contribution in [0.1, 0.15) is 25.6 Å². The van der Waals surface area contributed by atoms with Crippen LogP contribution in [0.15, 0.2) is 10.9 Å². The van der Waals surface area contributed by atoms with E-state index in [-0.39, 0.29) is 0 Å². The van der Waals surface area contributed by atoms with Crippen molar-refractivity contribution in [3.8, 4) is 0 Å². The summed E-state index contributed by atoms with van der Waals surface area (Å²) in [5.74, 6) is 0.781. The molecule has 0 bridgehead atoms. The average molecular weight is 210 g/mol. The number of likely N-dealkylation sites (tertiary alicyclic amines) is 1. The lowest BCUT2D eigenvalue weighted by atomic mass is 9.90. The third-order valence-electron chi connectivity index (χ3n) is 3.34. The van der Waals surface area contributed by atoms with Gasteiger partial charge in [-0.05, 0) is 26.8 Å². The monoisotopic (exact) mass is 210 g/mol. The van der Waals surface area contributed by atoms with Crippen LogP contribution < -0.4 is 5.32 Å². The molecule has 1 fully saturated rings. The Morgan fingerprint density at radius 2 is 2.27 bits per heavy atom. The summed E-state index contributed by atoms with van der Waals surface area (Å²) in [4.78, 5) is 6.40. The predicted octanol–water partition coefficient (Wildman–Crippen LogP) is 0.643. The minimum atomic E-state index is 0.299. The second-order valence-corrected chi connectivity index (χ2v) is 4.43. The van der Waals surface area contributed by atoms with E-state index in [2.05, 4.69) is 27.3 Å². The van der Waals surface area contributed by atoms with Gasteiger partial charge >= 0.3 is 0 Å². The van der Waals surface area contributed by atoms with Crippen LogP contribution in [0.5, 0.6) is 0 Å². The summed E-state index contributed by atoms with van der Waals surface area (Å²) in [6.07, 6.45) is 3.72. The van der Waals surface area contributed by atoms with E-state index >= 15 is 0 Å². The second kappa shape index (κ2) is 4.28. The number of hydrogen-bond acceptors (Lipinski definition) is 5. The first-order chi connectivity index (χ1) is 7.22. The SMILES string of the molecule is CNC1(C)CCN(Cc2ncon2)CC1. The molecule has 1 saturated heterocycles.